The van der Waals surface area contributed by atoms with E-state index in [-0.39, 0.29) is 5.91 Å². The molecule has 0 atom stereocenters. The van der Waals surface area contributed by atoms with Gasteiger partial charge in [0.05, 0.1) is 5.57 Å². The highest BCUT2D eigenvalue weighted by Gasteiger charge is 2.31. The second-order valence-corrected chi connectivity index (χ2v) is 6.23. The lowest BCUT2D eigenvalue weighted by Crippen LogP contribution is -2.26. The van der Waals surface area contributed by atoms with Gasteiger partial charge in [0.25, 0.3) is 5.91 Å². The normalized spacial score (nSPS) is 14.2. The largest absolute Gasteiger partial charge is 0.330 e. The molecule has 2 nitrogen and oxygen atoms in total. The van der Waals surface area contributed by atoms with Crippen LogP contribution in [0.4, 0.5) is 0 Å². The summed E-state index contributed by atoms with van der Waals surface area (Å²) in [5.41, 5.74) is 5.18. The van der Waals surface area contributed by atoms with E-state index >= 15 is 0 Å². The van der Waals surface area contributed by atoms with Gasteiger partial charge in [-0.3, -0.25) is 4.79 Å². The fourth-order valence-electron chi connectivity index (χ4n) is 3.34. The molecule has 1 aliphatic rings. The summed E-state index contributed by atoms with van der Waals surface area (Å²) < 4.78 is 0. The van der Waals surface area contributed by atoms with E-state index in [1.807, 2.05) is 71.6 Å². The van der Waals surface area contributed by atoms with E-state index in [2.05, 4.69) is 24.3 Å². The van der Waals surface area contributed by atoms with E-state index < -0.39 is 0 Å². The average molecular weight is 325 g/mol. The van der Waals surface area contributed by atoms with E-state index in [4.69, 9.17) is 0 Å². The van der Waals surface area contributed by atoms with Crippen molar-refractivity contribution in [3.8, 4) is 0 Å². The van der Waals surface area contributed by atoms with Crippen molar-refractivity contribution in [2.75, 3.05) is 6.54 Å². The first kappa shape index (κ1) is 15.4. The van der Waals surface area contributed by atoms with Crippen LogP contribution in [0.1, 0.15) is 16.7 Å². The van der Waals surface area contributed by atoms with Gasteiger partial charge in [-0.05, 0) is 22.3 Å². The first-order valence-electron chi connectivity index (χ1n) is 8.50. The van der Waals surface area contributed by atoms with Gasteiger partial charge in [-0.2, -0.15) is 0 Å². The van der Waals surface area contributed by atoms with E-state index in [1.54, 1.807) is 0 Å². The van der Waals surface area contributed by atoms with Crippen LogP contribution in [0, 0.1) is 0 Å². The number of benzene rings is 3. The maximum absolute atomic E-state index is 13.2. The van der Waals surface area contributed by atoms with Crippen LogP contribution in [0.15, 0.2) is 91.0 Å². The molecule has 0 aromatic heterocycles. The highest BCUT2D eigenvalue weighted by atomic mass is 16.2. The highest BCUT2D eigenvalue weighted by molar-refractivity contribution is 6.30. The lowest BCUT2D eigenvalue weighted by molar-refractivity contribution is -0.124. The van der Waals surface area contributed by atoms with Crippen LogP contribution in [0.25, 0.3) is 11.1 Å². The van der Waals surface area contributed by atoms with Gasteiger partial charge in [0.15, 0.2) is 0 Å². The van der Waals surface area contributed by atoms with Crippen LogP contribution in [-0.2, 0) is 11.3 Å². The maximum atomic E-state index is 13.2. The summed E-state index contributed by atoms with van der Waals surface area (Å²) >= 11 is 0. The summed E-state index contributed by atoms with van der Waals surface area (Å²) in [7, 11) is 0. The van der Waals surface area contributed by atoms with E-state index in [0.717, 1.165) is 27.8 Å². The topological polar surface area (TPSA) is 20.3 Å². The molecule has 4 rings (SSSR count). The number of nitrogens with zero attached hydrogens (tertiary/aromatic N) is 1. The number of carbonyl (C=O) groups is 1. The van der Waals surface area contributed by atoms with Crippen LogP contribution in [-0.4, -0.2) is 17.4 Å². The molecular formula is C23H19NO. The van der Waals surface area contributed by atoms with Crippen molar-refractivity contribution >= 4 is 17.1 Å². The summed E-state index contributed by atoms with van der Waals surface area (Å²) in [6, 6.07) is 30.3. The molecule has 25 heavy (non-hydrogen) atoms. The Hall–Kier alpha value is -3.13. The van der Waals surface area contributed by atoms with E-state index in [9.17, 15) is 4.79 Å². The molecule has 1 aliphatic heterocycles. The summed E-state index contributed by atoms with van der Waals surface area (Å²) in [4.78, 5) is 15.1. The minimum atomic E-state index is 0.105. The fourth-order valence-corrected chi connectivity index (χ4v) is 3.34. The molecular weight excluding hydrogens is 306 g/mol. The monoisotopic (exact) mass is 325 g/mol. The zero-order valence-electron chi connectivity index (χ0n) is 13.9. The number of hydrogen-bond acceptors (Lipinski definition) is 1. The first-order valence-corrected chi connectivity index (χ1v) is 8.50. The maximum Gasteiger partial charge on any atom is 0.255 e. The average Bonchev–Trinajstić information content (AvgIpc) is 3.00. The van der Waals surface area contributed by atoms with Gasteiger partial charge in [-0.15, -0.1) is 0 Å². The Morgan fingerprint density at radius 3 is 1.80 bits per heavy atom. The second-order valence-electron chi connectivity index (χ2n) is 6.23. The van der Waals surface area contributed by atoms with E-state index in [0.29, 0.717) is 13.1 Å². The zero-order chi connectivity index (χ0) is 17.1. The SMILES string of the molecule is O=C1C(c2ccccc2)=C(c2ccccc2)CN1Cc1ccccc1. The van der Waals surface area contributed by atoms with Crippen molar-refractivity contribution in [2.24, 2.45) is 0 Å². The second kappa shape index (κ2) is 6.78. The van der Waals surface area contributed by atoms with E-state index in [1.165, 1.54) is 0 Å². The summed E-state index contributed by atoms with van der Waals surface area (Å²) in [5, 5.41) is 0. The van der Waals surface area contributed by atoms with Gasteiger partial charge in [0, 0.05) is 13.1 Å². The Bertz CT molecular complexity index is 899. The Kier molecular flexibility index (Phi) is 4.17. The van der Waals surface area contributed by atoms with Gasteiger partial charge in [-0.1, -0.05) is 91.0 Å². The van der Waals surface area contributed by atoms with Crippen molar-refractivity contribution in [3.05, 3.63) is 108 Å². The molecule has 1 amide bonds. The third kappa shape index (κ3) is 3.11. The van der Waals surface area contributed by atoms with Gasteiger partial charge < -0.3 is 4.90 Å². The van der Waals surface area contributed by atoms with Crippen LogP contribution >= 0.6 is 0 Å². The molecule has 0 aliphatic carbocycles. The molecule has 2 heteroatoms. The minimum Gasteiger partial charge on any atom is -0.330 e. The van der Waals surface area contributed by atoms with Gasteiger partial charge in [-0.25, -0.2) is 0 Å². The molecule has 0 fully saturated rings. The molecule has 3 aromatic rings. The molecule has 122 valence electrons. The molecule has 3 aromatic carbocycles. The van der Waals surface area contributed by atoms with Crippen molar-refractivity contribution in [1.82, 2.24) is 4.90 Å². The lowest BCUT2D eigenvalue weighted by atomic mass is 9.97. The molecule has 0 radical (unpaired) electrons. The Morgan fingerprint density at radius 2 is 1.20 bits per heavy atom. The zero-order valence-corrected chi connectivity index (χ0v) is 13.9. The molecule has 0 bridgehead atoms. The smallest absolute Gasteiger partial charge is 0.255 e. The van der Waals surface area contributed by atoms with Crippen LogP contribution in [0.5, 0.6) is 0 Å². The van der Waals surface area contributed by atoms with Gasteiger partial charge in [0.1, 0.15) is 0 Å². The fraction of sp³-hybridized carbons (Fsp3) is 0.0870. The molecule has 0 saturated heterocycles. The third-order valence-corrected chi connectivity index (χ3v) is 4.55. The standard InChI is InChI=1S/C23H19NO/c25-23-22(20-14-8-3-9-15-20)21(19-12-6-2-7-13-19)17-24(23)16-18-10-4-1-5-11-18/h1-15H,16-17H2. The molecule has 1 heterocycles. The predicted molar refractivity (Wildman–Crippen MR) is 102 cm³/mol. The van der Waals surface area contributed by atoms with Crippen molar-refractivity contribution in [1.29, 1.82) is 0 Å². The third-order valence-electron chi connectivity index (χ3n) is 4.55. The highest BCUT2D eigenvalue weighted by Crippen LogP contribution is 2.35. The van der Waals surface area contributed by atoms with Crippen molar-refractivity contribution < 1.29 is 4.79 Å². The van der Waals surface area contributed by atoms with Gasteiger partial charge >= 0.3 is 0 Å². The quantitative estimate of drug-likeness (QED) is 0.684. The molecule has 0 saturated carbocycles. The Morgan fingerprint density at radius 1 is 0.680 bits per heavy atom. The minimum absolute atomic E-state index is 0.105. The summed E-state index contributed by atoms with van der Waals surface area (Å²) in [6.07, 6.45) is 0. The van der Waals surface area contributed by atoms with Crippen LogP contribution in [0.2, 0.25) is 0 Å². The number of amides is 1. The Balaban J connectivity index is 1.73. The molecule has 0 spiro atoms. The Labute approximate surface area is 148 Å². The lowest BCUT2D eigenvalue weighted by Gasteiger charge is -2.17. The van der Waals surface area contributed by atoms with Crippen molar-refractivity contribution in [2.45, 2.75) is 6.54 Å². The number of hydrogen-bond donors (Lipinski definition) is 0. The van der Waals surface area contributed by atoms with Crippen LogP contribution in [0.3, 0.4) is 0 Å². The number of carbonyl (C=O) groups excluding carboxylic acids is 1. The predicted octanol–water partition coefficient (Wildman–Crippen LogP) is 4.64. The van der Waals surface area contributed by atoms with Gasteiger partial charge in [0.2, 0.25) is 0 Å². The number of rotatable bonds is 4. The van der Waals surface area contributed by atoms with Crippen LogP contribution < -0.4 is 0 Å². The summed E-state index contributed by atoms with van der Waals surface area (Å²) in [5.74, 6) is 0.105. The first-order chi connectivity index (χ1) is 12.3. The molecule has 0 N–H and O–H groups in total. The van der Waals surface area contributed by atoms with Crippen molar-refractivity contribution in [3.63, 3.8) is 0 Å². The summed E-state index contributed by atoms with van der Waals surface area (Å²) in [6.45, 7) is 1.27. The molecule has 0 unspecified atom stereocenters.